The summed E-state index contributed by atoms with van der Waals surface area (Å²) in [5, 5.41) is 0. The van der Waals surface area contributed by atoms with Crippen molar-refractivity contribution >= 4 is 17.3 Å². The fourth-order valence-electron chi connectivity index (χ4n) is 1.85. The molecule has 1 aromatic carbocycles. The van der Waals surface area contributed by atoms with Gasteiger partial charge in [-0.15, -0.1) is 0 Å². The zero-order valence-electron chi connectivity index (χ0n) is 11.5. The van der Waals surface area contributed by atoms with Crippen LogP contribution in [0.15, 0.2) is 12.1 Å². The molecular weight excluding hydrogens is 246 g/mol. The first-order valence-corrected chi connectivity index (χ1v) is 6.09. The fraction of sp³-hybridized carbons (Fsp3) is 0.462. The van der Waals surface area contributed by atoms with Crippen LogP contribution in [0.3, 0.4) is 0 Å². The summed E-state index contributed by atoms with van der Waals surface area (Å²) >= 11 is 0. The van der Waals surface area contributed by atoms with Crippen LogP contribution >= 0.6 is 0 Å². The number of nitrogen functional groups attached to an aromatic ring is 1. The molecule has 6 heteroatoms. The number of hydrogen-bond acceptors (Lipinski definition) is 5. The van der Waals surface area contributed by atoms with E-state index in [1.54, 1.807) is 30.0 Å². The van der Waals surface area contributed by atoms with E-state index in [-0.39, 0.29) is 12.5 Å². The number of fused-ring (bicyclic) bond motifs is 1. The average molecular weight is 265 g/mol. The second-order valence-corrected chi connectivity index (χ2v) is 4.70. The van der Waals surface area contributed by atoms with Crippen LogP contribution in [0.25, 0.3) is 0 Å². The first-order chi connectivity index (χ1) is 8.99. The van der Waals surface area contributed by atoms with Crippen LogP contribution in [0.4, 0.5) is 11.4 Å². The van der Waals surface area contributed by atoms with E-state index in [4.69, 9.17) is 15.2 Å². The van der Waals surface area contributed by atoms with Crippen LogP contribution in [0.2, 0.25) is 0 Å². The van der Waals surface area contributed by atoms with E-state index in [9.17, 15) is 4.79 Å². The van der Waals surface area contributed by atoms with Gasteiger partial charge in [0.2, 0.25) is 5.91 Å². The van der Waals surface area contributed by atoms with E-state index in [2.05, 4.69) is 0 Å². The highest BCUT2D eigenvalue weighted by atomic mass is 16.6. The molecule has 104 valence electrons. The van der Waals surface area contributed by atoms with Crippen molar-refractivity contribution in [3.63, 3.8) is 0 Å². The standard InChI is InChI=1S/C13H19N3O3/c1-15(2)13(17)8-16(3)10-7-12-11(6-9(10)14)18-4-5-19-12/h6-7H,4-5,8,14H2,1-3H3. The number of nitrogens with zero attached hydrogens (tertiary/aromatic N) is 2. The summed E-state index contributed by atoms with van der Waals surface area (Å²) in [5.41, 5.74) is 7.33. The Morgan fingerprint density at radius 1 is 1.21 bits per heavy atom. The summed E-state index contributed by atoms with van der Waals surface area (Å²) in [7, 11) is 5.27. The molecule has 1 heterocycles. The van der Waals surface area contributed by atoms with Gasteiger partial charge in [0.05, 0.1) is 17.9 Å². The maximum atomic E-state index is 11.7. The zero-order chi connectivity index (χ0) is 14.0. The molecule has 0 bridgehead atoms. The molecule has 1 aromatic rings. The predicted molar refractivity (Wildman–Crippen MR) is 73.8 cm³/mol. The van der Waals surface area contributed by atoms with Gasteiger partial charge in [0.15, 0.2) is 11.5 Å². The summed E-state index contributed by atoms with van der Waals surface area (Å²) in [4.78, 5) is 15.1. The van der Waals surface area contributed by atoms with Crippen LogP contribution in [0, 0.1) is 0 Å². The van der Waals surface area contributed by atoms with Gasteiger partial charge < -0.3 is 25.0 Å². The lowest BCUT2D eigenvalue weighted by Gasteiger charge is -2.25. The van der Waals surface area contributed by atoms with Gasteiger partial charge >= 0.3 is 0 Å². The lowest BCUT2D eigenvalue weighted by molar-refractivity contribution is -0.127. The molecule has 1 amide bonds. The minimum atomic E-state index is 0.0109. The molecule has 19 heavy (non-hydrogen) atoms. The van der Waals surface area contributed by atoms with Crippen molar-refractivity contribution in [1.82, 2.24) is 4.90 Å². The van der Waals surface area contributed by atoms with Crippen molar-refractivity contribution in [2.75, 3.05) is 51.5 Å². The number of rotatable bonds is 3. The number of anilines is 2. The number of carbonyl (C=O) groups is 1. The third kappa shape index (κ3) is 2.83. The molecular formula is C13H19N3O3. The molecule has 0 unspecified atom stereocenters. The Kier molecular flexibility index (Phi) is 3.69. The van der Waals surface area contributed by atoms with Gasteiger partial charge in [-0.25, -0.2) is 0 Å². The maximum absolute atomic E-state index is 11.7. The predicted octanol–water partition coefficient (Wildman–Crippen LogP) is 0.564. The molecule has 0 radical (unpaired) electrons. The smallest absolute Gasteiger partial charge is 0.241 e. The number of carbonyl (C=O) groups excluding carboxylic acids is 1. The van der Waals surface area contributed by atoms with Gasteiger partial charge in [0.1, 0.15) is 13.2 Å². The number of nitrogens with two attached hydrogens (primary N) is 1. The average Bonchev–Trinajstić information content (AvgIpc) is 2.37. The molecule has 0 saturated heterocycles. The molecule has 0 atom stereocenters. The quantitative estimate of drug-likeness (QED) is 0.809. The van der Waals surface area contributed by atoms with E-state index in [1.807, 2.05) is 13.1 Å². The Balaban J connectivity index is 2.22. The van der Waals surface area contributed by atoms with Crippen LogP contribution in [-0.4, -0.2) is 51.7 Å². The summed E-state index contributed by atoms with van der Waals surface area (Å²) in [6.07, 6.45) is 0. The monoisotopic (exact) mass is 265 g/mol. The summed E-state index contributed by atoms with van der Waals surface area (Å²) in [6, 6.07) is 3.55. The summed E-state index contributed by atoms with van der Waals surface area (Å²) in [6.45, 7) is 1.31. The number of likely N-dealkylation sites (N-methyl/N-ethyl adjacent to an activating group) is 2. The van der Waals surface area contributed by atoms with Crippen molar-refractivity contribution in [2.24, 2.45) is 0 Å². The molecule has 0 saturated carbocycles. The van der Waals surface area contributed by atoms with Gasteiger partial charge in [-0.3, -0.25) is 4.79 Å². The van der Waals surface area contributed by atoms with Crippen molar-refractivity contribution in [3.05, 3.63) is 12.1 Å². The molecule has 2 N–H and O–H groups in total. The van der Waals surface area contributed by atoms with Gasteiger partial charge in [0, 0.05) is 33.3 Å². The van der Waals surface area contributed by atoms with E-state index >= 15 is 0 Å². The van der Waals surface area contributed by atoms with Gasteiger partial charge in [-0.2, -0.15) is 0 Å². The first-order valence-electron chi connectivity index (χ1n) is 6.09. The van der Waals surface area contributed by atoms with E-state index < -0.39 is 0 Å². The highest BCUT2D eigenvalue weighted by molar-refractivity contribution is 5.83. The fourth-order valence-corrected chi connectivity index (χ4v) is 1.85. The van der Waals surface area contributed by atoms with Crippen LogP contribution in [0.5, 0.6) is 11.5 Å². The second kappa shape index (κ2) is 5.26. The maximum Gasteiger partial charge on any atom is 0.241 e. The molecule has 0 aliphatic carbocycles. The van der Waals surface area contributed by atoms with E-state index in [0.29, 0.717) is 30.4 Å². The third-order valence-corrected chi connectivity index (χ3v) is 2.97. The van der Waals surface area contributed by atoms with Gasteiger partial charge in [-0.05, 0) is 0 Å². The molecule has 1 aliphatic heterocycles. The minimum absolute atomic E-state index is 0.0109. The molecule has 6 nitrogen and oxygen atoms in total. The van der Waals surface area contributed by atoms with Gasteiger partial charge in [0.25, 0.3) is 0 Å². The highest BCUT2D eigenvalue weighted by Gasteiger charge is 2.18. The van der Waals surface area contributed by atoms with E-state index in [1.165, 1.54) is 0 Å². The topological polar surface area (TPSA) is 68.0 Å². The highest BCUT2D eigenvalue weighted by Crippen LogP contribution is 2.38. The molecule has 2 rings (SSSR count). The largest absolute Gasteiger partial charge is 0.486 e. The van der Waals surface area contributed by atoms with Crippen molar-refractivity contribution in [3.8, 4) is 11.5 Å². The second-order valence-electron chi connectivity index (χ2n) is 4.70. The summed E-state index contributed by atoms with van der Waals surface area (Å²) in [5.74, 6) is 1.33. The van der Waals surface area contributed by atoms with Crippen LogP contribution < -0.4 is 20.1 Å². The zero-order valence-corrected chi connectivity index (χ0v) is 11.5. The lowest BCUT2D eigenvalue weighted by Crippen LogP contribution is -2.34. The first kappa shape index (κ1) is 13.3. The Hall–Kier alpha value is -2.11. The van der Waals surface area contributed by atoms with E-state index in [0.717, 1.165) is 5.69 Å². The van der Waals surface area contributed by atoms with Crippen LogP contribution in [0.1, 0.15) is 0 Å². The normalized spacial score (nSPS) is 13.0. The van der Waals surface area contributed by atoms with Crippen molar-refractivity contribution in [2.45, 2.75) is 0 Å². The Morgan fingerprint density at radius 3 is 2.37 bits per heavy atom. The SMILES string of the molecule is CN(C)C(=O)CN(C)c1cc2c(cc1N)OCCO2. The molecule has 0 fully saturated rings. The number of hydrogen-bond donors (Lipinski definition) is 1. The minimum Gasteiger partial charge on any atom is -0.486 e. The third-order valence-electron chi connectivity index (χ3n) is 2.97. The summed E-state index contributed by atoms with van der Waals surface area (Å²) < 4.78 is 11.0. The lowest BCUT2D eigenvalue weighted by atomic mass is 10.2. The number of ether oxygens (including phenoxy) is 2. The Morgan fingerprint density at radius 2 is 1.79 bits per heavy atom. The number of amides is 1. The molecule has 0 spiro atoms. The molecule has 1 aliphatic rings. The Bertz CT molecular complexity index is 488. The van der Waals surface area contributed by atoms with Crippen molar-refractivity contribution < 1.29 is 14.3 Å². The van der Waals surface area contributed by atoms with Crippen molar-refractivity contribution in [1.29, 1.82) is 0 Å². The van der Waals surface area contributed by atoms with Crippen LogP contribution in [-0.2, 0) is 4.79 Å². The number of benzene rings is 1. The van der Waals surface area contributed by atoms with Gasteiger partial charge in [-0.1, -0.05) is 0 Å². The Labute approximate surface area is 112 Å². The molecule has 0 aromatic heterocycles.